The minimum Gasteiger partial charge on any atom is -0.477 e. The van der Waals surface area contributed by atoms with Gasteiger partial charge in [0.1, 0.15) is 35.1 Å². The summed E-state index contributed by atoms with van der Waals surface area (Å²) in [6, 6.07) is -0.0657. The number of fused-ring (bicyclic) bond motifs is 2. The second-order valence-corrected chi connectivity index (χ2v) is 14.4. The van der Waals surface area contributed by atoms with Crippen LogP contribution in [0.3, 0.4) is 0 Å². The van der Waals surface area contributed by atoms with Crippen LogP contribution in [0.25, 0.3) is 10.9 Å². The lowest BCUT2D eigenvalue weighted by Gasteiger charge is -2.49. The molecule has 18 heteroatoms. The molecule has 3 unspecified atom stereocenters. The second-order valence-electron chi connectivity index (χ2n) is 12.1. The summed E-state index contributed by atoms with van der Waals surface area (Å²) in [4.78, 5) is 71.6. The molecule has 6 N–H and O–H groups in total. The Balaban J connectivity index is 1.11. The third kappa shape index (κ3) is 5.67. The summed E-state index contributed by atoms with van der Waals surface area (Å²) in [5.41, 5.74) is 11.2. The SMILES string of the molecule is Nc1nc(CC(=O)NC2C(=O)N3C(C(=O)O)=C(COC(=O)c4cn(C5CC5)c5c(Cl)c(N6CCC(N)C6)c(F)cc5c4=O)CSC23)cs1. The Morgan fingerprint density at radius 3 is 2.65 bits per heavy atom. The molecule has 1 saturated carbocycles. The maximum Gasteiger partial charge on any atom is 0.352 e. The predicted octanol–water partition coefficient (Wildman–Crippen LogP) is 1.84. The summed E-state index contributed by atoms with van der Waals surface area (Å²) < 4.78 is 22.6. The van der Waals surface area contributed by atoms with Gasteiger partial charge >= 0.3 is 11.9 Å². The van der Waals surface area contributed by atoms with Crippen molar-refractivity contribution in [3.63, 3.8) is 0 Å². The molecule has 4 aliphatic rings. The Kier molecular flexibility index (Phi) is 8.33. The lowest BCUT2D eigenvalue weighted by atomic mass is 10.0. The Bertz CT molecular complexity index is 2000. The zero-order chi connectivity index (χ0) is 34.0. The number of aromatic nitrogens is 2. The summed E-state index contributed by atoms with van der Waals surface area (Å²) in [6.45, 7) is 0.404. The van der Waals surface area contributed by atoms with Gasteiger partial charge in [0.15, 0.2) is 5.13 Å². The number of thiazole rings is 1. The molecule has 3 atom stereocenters. The maximum absolute atomic E-state index is 15.5. The molecule has 2 amide bonds. The lowest BCUT2D eigenvalue weighted by molar-refractivity contribution is -0.150. The number of anilines is 2. The van der Waals surface area contributed by atoms with Gasteiger partial charge in [-0.25, -0.2) is 19.0 Å². The number of benzene rings is 1. The van der Waals surface area contributed by atoms with E-state index in [1.54, 1.807) is 14.8 Å². The van der Waals surface area contributed by atoms with Crippen molar-refractivity contribution in [3.05, 3.63) is 61.2 Å². The van der Waals surface area contributed by atoms with E-state index >= 15 is 4.39 Å². The molecule has 3 aromatic rings. The molecule has 1 aromatic carbocycles. The molecule has 14 nitrogen and oxygen atoms in total. The van der Waals surface area contributed by atoms with Crippen molar-refractivity contribution in [1.29, 1.82) is 0 Å². The number of halogens is 2. The van der Waals surface area contributed by atoms with Crippen molar-refractivity contribution in [2.45, 2.75) is 49.2 Å². The summed E-state index contributed by atoms with van der Waals surface area (Å²) in [5, 5.41) is 13.9. The zero-order valence-electron chi connectivity index (χ0n) is 25.1. The monoisotopic (exact) mass is 717 g/mol. The Labute approximate surface area is 284 Å². The molecule has 0 bridgehead atoms. The van der Waals surface area contributed by atoms with Gasteiger partial charge in [-0.2, -0.15) is 0 Å². The van der Waals surface area contributed by atoms with Crippen molar-refractivity contribution in [1.82, 2.24) is 19.8 Å². The number of carbonyl (C=O) groups excluding carboxylic acids is 3. The van der Waals surface area contributed by atoms with E-state index < -0.39 is 53.0 Å². The molecule has 1 aliphatic carbocycles. The highest BCUT2D eigenvalue weighted by molar-refractivity contribution is 8.00. The van der Waals surface area contributed by atoms with Crippen LogP contribution in [0.2, 0.25) is 5.02 Å². The number of esters is 1. The van der Waals surface area contributed by atoms with E-state index in [0.29, 0.717) is 35.9 Å². The minimum absolute atomic E-state index is 0.0604. The molecule has 3 aliphatic heterocycles. The number of pyridine rings is 1. The molecule has 5 heterocycles. The molecule has 2 saturated heterocycles. The van der Waals surface area contributed by atoms with Crippen LogP contribution < -0.4 is 27.1 Å². The van der Waals surface area contributed by atoms with Gasteiger partial charge in [0.05, 0.1) is 33.7 Å². The molecule has 0 radical (unpaired) electrons. The van der Waals surface area contributed by atoms with Gasteiger partial charge in [-0.05, 0) is 25.3 Å². The van der Waals surface area contributed by atoms with Crippen molar-refractivity contribution in [2.75, 3.05) is 36.1 Å². The van der Waals surface area contributed by atoms with E-state index in [1.165, 1.54) is 29.3 Å². The molecule has 252 valence electrons. The van der Waals surface area contributed by atoms with E-state index in [0.717, 1.165) is 23.8 Å². The number of rotatable bonds is 9. The van der Waals surface area contributed by atoms with Crippen LogP contribution in [0.5, 0.6) is 0 Å². The zero-order valence-corrected chi connectivity index (χ0v) is 27.5. The number of hydrogen-bond donors (Lipinski definition) is 4. The number of carbonyl (C=O) groups is 4. The number of carboxylic acids is 1. The summed E-state index contributed by atoms with van der Waals surface area (Å²) >= 11 is 9.14. The first-order chi connectivity index (χ1) is 22.9. The maximum atomic E-state index is 15.5. The van der Waals surface area contributed by atoms with Gasteiger partial charge in [0, 0.05) is 48.1 Å². The molecular formula is C30H29ClFN7O7S2. The third-order valence-electron chi connectivity index (χ3n) is 8.74. The highest BCUT2D eigenvalue weighted by Crippen LogP contribution is 2.43. The Hall–Kier alpha value is -4.19. The van der Waals surface area contributed by atoms with Gasteiger partial charge in [0.2, 0.25) is 11.3 Å². The minimum atomic E-state index is -1.41. The number of nitrogen functional groups attached to an aromatic ring is 1. The smallest absolute Gasteiger partial charge is 0.352 e. The number of aliphatic carboxylic acids is 1. The van der Waals surface area contributed by atoms with Crippen molar-refractivity contribution < 1.29 is 33.4 Å². The number of thioether (sulfide) groups is 1. The quantitative estimate of drug-likeness (QED) is 0.185. The summed E-state index contributed by atoms with van der Waals surface area (Å²) in [5.74, 6) is -4.18. The van der Waals surface area contributed by atoms with Gasteiger partial charge in [-0.15, -0.1) is 23.1 Å². The summed E-state index contributed by atoms with van der Waals surface area (Å²) in [7, 11) is 0. The average molecular weight is 718 g/mol. The number of ether oxygens (including phenoxy) is 1. The number of hydrogen-bond acceptors (Lipinski definition) is 12. The normalized spacial score (nSPS) is 22.1. The number of nitrogens with two attached hydrogens (primary N) is 2. The highest BCUT2D eigenvalue weighted by atomic mass is 35.5. The molecule has 3 fully saturated rings. The predicted molar refractivity (Wildman–Crippen MR) is 176 cm³/mol. The van der Waals surface area contributed by atoms with E-state index in [9.17, 15) is 29.1 Å². The fourth-order valence-corrected chi connectivity index (χ4v) is 8.61. The second kappa shape index (κ2) is 12.4. The van der Waals surface area contributed by atoms with E-state index in [4.69, 9.17) is 27.8 Å². The number of amides is 2. The summed E-state index contributed by atoms with van der Waals surface area (Å²) in [6.07, 6.45) is 3.46. The Morgan fingerprint density at radius 1 is 1.23 bits per heavy atom. The molecule has 7 rings (SSSR count). The molecular weight excluding hydrogens is 689 g/mol. The largest absolute Gasteiger partial charge is 0.477 e. The van der Waals surface area contributed by atoms with Crippen LogP contribution in [0, 0.1) is 5.82 Å². The highest BCUT2D eigenvalue weighted by Gasteiger charge is 2.54. The first-order valence-corrected chi connectivity index (χ1v) is 17.4. The fraction of sp³-hybridized carbons (Fsp3) is 0.400. The van der Waals surface area contributed by atoms with Crippen molar-refractivity contribution in [3.8, 4) is 0 Å². The standard InChI is InChI=1S/C30H29ClFN7O7S2/c31-20-23-16(6-18(32)24(20)37-4-3-13(33)7-37)25(41)17(8-38(23)15-1-2-15)29(45)46-9-12-10-47-27-21(26(42)39(27)22(12)28(43)44)36-19(40)5-14-11-48-30(34)35-14/h6,8,11,13,15,21,27H,1-5,7,9-10,33H2,(H2,34,35)(H,36,40)(H,43,44). The fourth-order valence-electron chi connectivity index (χ4n) is 6.32. The number of nitrogens with one attached hydrogen (secondary N) is 1. The van der Waals surface area contributed by atoms with Crippen LogP contribution in [0.4, 0.5) is 15.2 Å². The van der Waals surface area contributed by atoms with Gasteiger partial charge in [0.25, 0.3) is 5.91 Å². The Morgan fingerprint density at radius 2 is 2.00 bits per heavy atom. The third-order valence-corrected chi connectivity index (χ3v) is 11.2. The van der Waals surface area contributed by atoms with Crippen LogP contribution in [-0.4, -0.2) is 86.2 Å². The number of nitrogens with zero attached hydrogens (tertiary/aromatic N) is 4. The number of β-lactam (4-membered cyclic amide) rings is 1. The first kappa shape index (κ1) is 32.4. The molecule has 48 heavy (non-hydrogen) atoms. The van der Waals surface area contributed by atoms with Gasteiger partial charge in [-0.3, -0.25) is 19.3 Å². The van der Waals surface area contributed by atoms with Crippen LogP contribution >= 0.6 is 34.7 Å². The molecule has 0 spiro atoms. The number of carboxylic acid groups (broad SMARTS) is 1. The van der Waals surface area contributed by atoms with Crippen LogP contribution in [0.1, 0.15) is 41.4 Å². The average Bonchev–Trinajstić information content (AvgIpc) is 3.68. The van der Waals surface area contributed by atoms with Crippen LogP contribution in [0.15, 0.2) is 33.7 Å². The van der Waals surface area contributed by atoms with E-state index in [1.807, 2.05) is 0 Å². The lowest BCUT2D eigenvalue weighted by Crippen LogP contribution is -2.70. The topological polar surface area (TPSA) is 203 Å². The van der Waals surface area contributed by atoms with Gasteiger partial charge in [-0.1, -0.05) is 11.6 Å². The van der Waals surface area contributed by atoms with Crippen LogP contribution in [-0.2, 0) is 25.5 Å². The first-order valence-electron chi connectivity index (χ1n) is 15.1. The van der Waals surface area contributed by atoms with Crippen molar-refractivity contribution in [2.24, 2.45) is 5.73 Å². The van der Waals surface area contributed by atoms with Crippen molar-refractivity contribution >= 4 is 80.2 Å². The van der Waals surface area contributed by atoms with E-state index in [-0.39, 0.29) is 57.2 Å². The molecule has 2 aromatic heterocycles. The van der Waals surface area contributed by atoms with E-state index in [2.05, 4.69) is 10.3 Å². The van der Waals surface area contributed by atoms with Gasteiger partial charge < -0.3 is 36.1 Å².